The Hall–Kier alpha value is -3.85. The van der Waals surface area contributed by atoms with E-state index in [-0.39, 0.29) is 35.5 Å². The lowest BCUT2D eigenvalue weighted by atomic mass is 10.0. The molecule has 3 aromatic rings. The highest BCUT2D eigenvalue weighted by Gasteiger charge is 2.20. The summed E-state index contributed by atoms with van der Waals surface area (Å²) in [5.41, 5.74) is 2.86. The molecular formula is C26H24ClF2N5O2. The first-order valence-corrected chi connectivity index (χ1v) is 11.6. The minimum atomic E-state index is -0.491. The van der Waals surface area contributed by atoms with Crippen molar-refractivity contribution in [2.24, 2.45) is 4.99 Å². The number of guanidine groups is 1. The van der Waals surface area contributed by atoms with E-state index in [1.807, 2.05) is 0 Å². The molecule has 1 aromatic heterocycles. The summed E-state index contributed by atoms with van der Waals surface area (Å²) < 4.78 is 27.3. The van der Waals surface area contributed by atoms with E-state index in [1.54, 1.807) is 50.1 Å². The number of carbonyl (C=O) groups is 2. The molecule has 0 saturated heterocycles. The Morgan fingerprint density at radius 2 is 1.94 bits per heavy atom. The highest BCUT2D eigenvalue weighted by Crippen LogP contribution is 2.28. The second-order valence-electron chi connectivity index (χ2n) is 8.61. The number of aromatic nitrogens is 1. The minimum absolute atomic E-state index is 0.119. The molecule has 2 amide bonds. The number of hydrogen-bond acceptors (Lipinski definition) is 5. The molecule has 0 bridgehead atoms. The summed E-state index contributed by atoms with van der Waals surface area (Å²) in [5, 5.41) is 6.13. The van der Waals surface area contributed by atoms with Gasteiger partial charge in [0.2, 0.25) is 5.96 Å². The van der Waals surface area contributed by atoms with Crippen molar-refractivity contribution < 1.29 is 18.4 Å². The van der Waals surface area contributed by atoms with Gasteiger partial charge < -0.3 is 15.5 Å². The molecule has 10 heteroatoms. The fourth-order valence-electron chi connectivity index (χ4n) is 3.80. The second kappa shape index (κ2) is 10.4. The smallest absolute Gasteiger partial charge is 0.270 e. The number of likely N-dealkylation sites (N-methyl/N-ethyl adjacent to an activating group) is 1. The Kier molecular flexibility index (Phi) is 7.30. The number of aliphatic imine (C=N–C) groups is 1. The molecule has 0 aliphatic carbocycles. The maximum atomic E-state index is 13.7. The van der Waals surface area contributed by atoms with Crippen LogP contribution >= 0.6 is 11.6 Å². The van der Waals surface area contributed by atoms with Crippen molar-refractivity contribution in [1.82, 2.24) is 20.5 Å². The van der Waals surface area contributed by atoms with E-state index in [1.165, 1.54) is 24.3 Å². The van der Waals surface area contributed by atoms with Crippen molar-refractivity contribution >= 4 is 29.4 Å². The Labute approximate surface area is 212 Å². The molecule has 4 rings (SSSR count). The zero-order valence-corrected chi connectivity index (χ0v) is 20.7. The summed E-state index contributed by atoms with van der Waals surface area (Å²) >= 11 is 6.27. The predicted octanol–water partition coefficient (Wildman–Crippen LogP) is 4.40. The summed E-state index contributed by atoms with van der Waals surface area (Å²) in [6, 6.07) is 11.5. The van der Waals surface area contributed by atoms with Crippen molar-refractivity contribution in [2.45, 2.75) is 26.4 Å². The summed E-state index contributed by atoms with van der Waals surface area (Å²) in [4.78, 5) is 34.9. The third-order valence-electron chi connectivity index (χ3n) is 5.77. The van der Waals surface area contributed by atoms with Crippen LogP contribution in [0.3, 0.4) is 0 Å². The molecule has 0 saturated carbocycles. The Morgan fingerprint density at radius 1 is 1.17 bits per heavy atom. The monoisotopic (exact) mass is 511 g/mol. The molecule has 0 radical (unpaired) electrons. The topological polar surface area (TPSA) is 86.7 Å². The number of aryl methyl sites for hydroxylation is 1. The van der Waals surface area contributed by atoms with Crippen LogP contribution in [0.5, 0.6) is 0 Å². The maximum absolute atomic E-state index is 13.7. The highest BCUT2D eigenvalue weighted by molar-refractivity contribution is 6.33. The van der Waals surface area contributed by atoms with Gasteiger partial charge in [-0.05, 0) is 66.9 Å². The molecule has 2 N–H and O–H groups in total. The van der Waals surface area contributed by atoms with Gasteiger partial charge in [-0.2, -0.15) is 4.99 Å². The van der Waals surface area contributed by atoms with Gasteiger partial charge in [0, 0.05) is 19.2 Å². The first kappa shape index (κ1) is 25.2. The fraction of sp³-hybridized carbons (Fsp3) is 0.231. The number of halogens is 3. The number of nitrogens with one attached hydrogen (secondary N) is 2. The van der Waals surface area contributed by atoms with Crippen LogP contribution < -0.4 is 10.6 Å². The Bertz CT molecular complexity index is 1380. The van der Waals surface area contributed by atoms with Crippen LogP contribution in [-0.4, -0.2) is 41.3 Å². The highest BCUT2D eigenvalue weighted by atomic mass is 35.5. The summed E-state index contributed by atoms with van der Waals surface area (Å²) in [6.07, 6.45) is 0. The van der Waals surface area contributed by atoms with E-state index in [0.29, 0.717) is 28.3 Å². The van der Waals surface area contributed by atoms with Gasteiger partial charge >= 0.3 is 0 Å². The predicted molar refractivity (Wildman–Crippen MR) is 134 cm³/mol. The van der Waals surface area contributed by atoms with E-state index in [4.69, 9.17) is 11.6 Å². The molecule has 2 aromatic carbocycles. The number of amides is 2. The van der Waals surface area contributed by atoms with Crippen LogP contribution in [-0.2, 0) is 11.3 Å². The van der Waals surface area contributed by atoms with Gasteiger partial charge in [0.05, 0.1) is 16.8 Å². The fourth-order valence-corrected chi connectivity index (χ4v) is 4.07. The van der Waals surface area contributed by atoms with Gasteiger partial charge in [-0.15, -0.1) is 0 Å². The Balaban J connectivity index is 1.64. The van der Waals surface area contributed by atoms with E-state index in [0.717, 1.165) is 5.56 Å². The van der Waals surface area contributed by atoms with E-state index in [2.05, 4.69) is 20.6 Å². The summed E-state index contributed by atoms with van der Waals surface area (Å²) in [7, 11) is 1.74. The lowest BCUT2D eigenvalue weighted by Gasteiger charge is -2.17. The first-order chi connectivity index (χ1) is 17.1. The van der Waals surface area contributed by atoms with Gasteiger partial charge in [0.25, 0.3) is 11.8 Å². The molecule has 186 valence electrons. The molecular weight excluding hydrogens is 488 g/mol. The van der Waals surface area contributed by atoms with Crippen molar-refractivity contribution in [3.05, 3.63) is 87.6 Å². The van der Waals surface area contributed by atoms with Crippen molar-refractivity contribution in [3.8, 4) is 11.3 Å². The second-order valence-corrected chi connectivity index (χ2v) is 9.02. The van der Waals surface area contributed by atoms with Crippen molar-refractivity contribution in [2.75, 3.05) is 13.6 Å². The average molecular weight is 512 g/mol. The number of rotatable bonds is 6. The van der Waals surface area contributed by atoms with Crippen LogP contribution in [0.25, 0.3) is 11.3 Å². The molecule has 1 aliphatic heterocycles. The van der Waals surface area contributed by atoms with Gasteiger partial charge in [-0.3, -0.25) is 9.59 Å². The molecule has 1 atom stereocenters. The third-order valence-corrected chi connectivity index (χ3v) is 6.08. The standard InChI is InChI=1S/C26H24ClF2N5O2/c1-14-8-17(4-7-21(14)29)15(2)31-25(36)23-10-16(12-30-26-33-24(35)13-34(26)3)9-22(32-23)19-6-5-18(28)11-20(19)27/h4-11,15H,12-13H2,1-3H3,(H,31,36)(H,30,33,35). The molecule has 0 fully saturated rings. The first-order valence-electron chi connectivity index (χ1n) is 11.2. The molecule has 7 nitrogen and oxygen atoms in total. The van der Waals surface area contributed by atoms with Crippen molar-refractivity contribution in [1.29, 1.82) is 0 Å². The summed E-state index contributed by atoms with van der Waals surface area (Å²) in [6.45, 7) is 3.88. The van der Waals surface area contributed by atoms with E-state index in [9.17, 15) is 18.4 Å². The molecule has 1 unspecified atom stereocenters. The van der Waals surface area contributed by atoms with Crippen LogP contribution in [0.1, 0.15) is 40.1 Å². The maximum Gasteiger partial charge on any atom is 0.270 e. The number of carbonyl (C=O) groups excluding carboxylic acids is 2. The van der Waals surface area contributed by atoms with Crippen LogP contribution in [0, 0.1) is 18.6 Å². The SMILES string of the molecule is Cc1cc(C(C)NC(=O)c2cc(CNC3=NC(=O)CN3C)cc(-c3ccc(F)cc3Cl)n2)ccc1F. The number of pyridine rings is 1. The van der Waals surface area contributed by atoms with Crippen LogP contribution in [0.2, 0.25) is 5.02 Å². The quantitative estimate of drug-likeness (QED) is 0.512. The molecule has 0 spiro atoms. The largest absolute Gasteiger partial charge is 0.352 e. The van der Waals surface area contributed by atoms with Gasteiger partial charge in [0.1, 0.15) is 23.9 Å². The van der Waals surface area contributed by atoms with Gasteiger partial charge in [-0.25, -0.2) is 13.8 Å². The number of benzene rings is 2. The Morgan fingerprint density at radius 3 is 2.61 bits per heavy atom. The zero-order chi connectivity index (χ0) is 26.0. The van der Waals surface area contributed by atoms with Crippen LogP contribution in [0.4, 0.5) is 8.78 Å². The molecule has 36 heavy (non-hydrogen) atoms. The third kappa shape index (κ3) is 5.68. The van der Waals surface area contributed by atoms with Crippen LogP contribution in [0.15, 0.2) is 53.5 Å². The number of hydrogen-bond donors (Lipinski definition) is 2. The zero-order valence-electron chi connectivity index (χ0n) is 19.9. The number of nitrogens with zero attached hydrogens (tertiary/aromatic N) is 3. The minimum Gasteiger partial charge on any atom is -0.352 e. The van der Waals surface area contributed by atoms with E-state index >= 15 is 0 Å². The van der Waals surface area contributed by atoms with Gasteiger partial charge in [0.15, 0.2) is 0 Å². The van der Waals surface area contributed by atoms with Crippen molar-refractivity contribution in [3.63, 3.8) is 0 Å². The molecule has 1 aliphatic rings. The summed E-state index contributed by atoms with van der Waals surface area (Å²) in [5.74, 6) is -1.09. The lowest BCUT2D eigenvalue weighted by molar-refractivity contribution is -0.116. The normalized spacial score (nSPS) is 14.0. The molecule has 2 heterocycles. The van der Waals surface area contributed by atoms with E-state index < -0.39 is 17.8 Å². The lowest BCUT2D eigenvalue weighted by Crippen LogP contribution is -2.35. The van der Waals surface area contributed by atoms with Gasteiger partial charge in [-0.1, -0.05) is 23.7 Å². The average Bonchev–Trinajstić information content (AvgIpc) is 3.15.